The van der Waals surface area contributed by atoms with Gasteiger partial charge in [0.25, 0.3) is 5.91 Å². The number of hydrogen-bond donors (Lipinski definition) is 2. The first-order valence-corrected chi connectivity index (χ1v) is 10.00. The minimum Gasteiger partial charge on any atom is -0.489 e. The highest BCUT2D eigenvalue weighted by molar-refractivity contribution is 6.07. The molecule has 154 valence electrons. The fraction of sp³-hybridized carbons (Fsp3) is 0.250. The van der Waals surface area contributed by atoms with E-state index >= 15 is 0 Å². The Morgan fingerprint density at radius 1 is 1.10 bits per heavy atom. The van der Waals surface area contributed by atoms with Crippen LogP contribution in [-0.4, -0.2) is 24.0 Å². The van der Waals surface area contributed by atoms with Crippen LogP contribution in [0.2, 0.25) is 0 Å². The molecule has 1 aromatic heterocycles. The summed E-state index contributed by atoms with van der Waals surface area (Å²) in [6, 6.07) is 17.2. The second-order valence-corrected chi connectivity index (χ2v) is 8.39. The summed E-state index contributed by atoms with van der Waals surface area (Å²) in [7, 11) is 0. The molecule has 0 atom stereocenters. The highest BCUT2D eigenvalue weighted by Gasteiger charge is 2.25. The number of nitrogen functional groups attached to an aromatic ring is 1. The van der Waals surface area contributed by atoms with Gasteiger partial charge in [0, 0.05) is 5.69 Å². The normalized spacial score (nSPS) is 13.4. The van der Waals surface area contributed by atoms with Crippen molar-refractivity contribution in [3.8, 4) is 5.75 Å². The molecule has 0 saturated heterocycles. The second kappa shape index (κ2) is 7.71. The molecular weight excluding hydrogens is 376 g/mol. The molecule has 0 radical (unpaired) electrons. The van der Waals surface area contributed by atoms with Gasteiger partial charge in [-0.25, -0.2) is 4.98 Å². The molecule has 30 heavy (non-hydrogen) atoms. The standard InChI is InChI=1S/C24H26N4O2/c1-24(2,3)16-7-10-18(11-8-16)27-23(29)19-5-4-6-20-22(19)30-14-13-28(20)21-12-9-17(25)15-26-21/h4-12,15H,13-14,25H2,1-3H3,(H,27,29). The van der Waals surface area contributed by atoms with Crippen molar-refractivity contribution in [1.29, 1.82) is 0 Å². The first-order valence-electron chi connectivity index (χ1n) is 10.00. The first-order chi connectivity index (χ1) is 14.3. The van der Waals surface area contributed by atoms with Crippen molar-refractivity contribution < 1.29 is 9.53 Å². The quantitative estimate of drug-likeness (QED) is 0.661. The van der Waals surface area contributed by atoms with E-state index in [0.29, 0.717) is 30.2 Å². The van der Waals surface area contributed by atoms with Gasteiger partial charge in [0.05, 0.1) is 29.7 Å². The SMILES string of the molecule is CC(C)(C)c1ccc(NC(=O)c2cccc3c2OCCN3c2ccc(N)cn2)cc1. The third kappa shape index (κ3) is 3.94. The van der Waals surface area contributed by atoms with Crippen LogP contribution in [0.1, 0.15) is 36.7 Å². The van der Waals surface area contributed by atoms with Gasteiger partial charge in [-0.3, -0.25) is 4.79 Å². The first kappa shape index (κ1) is 19.8. The minimum atomic E-state index is -0.206. The number of carbonyl (C=O) groups excluding carboxylic acids is 1. The molecule has 0 aliphatic carbocycles. The van der Waals surface area contributed by atoms with E-state index in [4.69, 9.17) is 10.5 Å². The van der Waals surface area contributed by atoms with Crippen molar-refractivity contribution in [2.24, 2.45) is 0 Å². The van der Waals surface area contributed by atoms with Gasteiger partial charge < -0.3 is 20.7 Å². The summed E-state index contributed by atoms with van der Waals surface area (Å²) in [6.45, 7) is 7.59. The van der Waals surface area contributed by atoms with E-state index in [2.05, 4.69) is 31.1 Å². The number of carbonyl (C=O) groups is 1. The van der Waals surface area contributed by atoms with Gasteiger partial charge in [-0.05, 0) is 47.4 Å². The molecule has 6 nitrogen and oxygen atoms in total. The summed E-state index contributed by atoms with van der Waals surface area (Å²) in [5, 5.41) is 2.98. The lowest BCUT2D eigenvalue weighted by Gasteiger charge is -2.31. The van der Waals surface area contributed by atoms with Crippen molar-refractivity contribution in [1.82, 2.24) is 4.98 Å². The molecular formula is C24H26N4O2. The third-order valence-corrected chi connectivity index (χ3v) is 5.15. The van der Waals surface area contributed by atoms with Gasteiger partial charge in [0.2, 0.25) is 0 Å². The number of pyridine rings is 1. The number of nitrogens with zero attached hydrogens (tertiary/aromatic N) is 2. The van der Waals surface area contributed by atoms with E-state index in [1.165, 1.54) is 5.56 Å². The van der Waals surface area contributed by atoms with Crippen LogP contribution in [0.5, 0.6) is 5.75 Å². The maximum absolute atomic E-state index is 13.0. The van der Waals surface area contributed by atoms with Crippen molar-refractivity contribution in [3.63, 3.8) is 0 Å². The number of para-hydroxylation sites is 1. The molecule has 0 bridgehead atoms. The van der Waals surface area contributed by atoms with E-state index in [1.807, 2.05) is 53.4 Å². The zero-order valence-corrected chi connectivity index (χ0v) is 17.5. The predicted octanol–water partition coefficient (Wildman–Crippen LogP) is 4.74. The van der Waals surface area contributed by atoms with Crippen LogP contribution in [0, 0.1) is 0 Å². The molecule has 0 fully saturated rings. The molecule has 3 N–H and O–H groups in total. The summed E-state index contributed by atoms with van der Waals surface area (Å²) in [4.78, 5) is 19.5. The van der Waals surface area contributed by atoms with Crippen LogP contribution < -0.4 is 20.7 Å². The average Bonchev–Trinajstić information content (AvgIpc) is 2.73. The van der Waals surface area contributed by atoms with E-state index in [1.54, 1.807) is 12.3 Å². The Labute approximate surface area is 176 Å². The molecule has 0 saturated carbocycles. The topological polar surface area (TPSA) is 80.5 Å². The highest BCUT2D eigenvalue weighted by Crippen LogP contribution is 2.38. The third-order valence-electron chi connectivity index (χ3n) is 5.15. The number of amides is 1. The number of hydrogen-bond acceptors (Lipinski definition) is 5. The number of anilines is 4. The van der Waals surface area contributed by atoms with Gasteiger partial charge in [-0.1, -0.05) is 39.0 Å². The summed E-state index contributed by atoms with van der Waals surface area (Å²) in [5.74, 6) is 1.12. The fourth-order valence-electron chi connectivity index (χ4n) is 3.47. The fourth-order valence-corrected chi connectivity index (χ4v) is 3.47. The number of nitrogens with two attached hydrogens (primary N) is 1. The summed E-state index contributed by atoms with van der Waals surface area (Å²) >= 11 is 0. The largest absolute Gasteiger partial charge is 0.489 e. The van der Waals surface area contributed by atoms with Gasteiger partial charge in [0.1, 0.15) is 12.4 Å². The van der Waals surface area contributed by atoms with Gasteiger partial charge in [-0.15, -0.1) is 0 Å². The Kier molecular flexibility index (Phi) is 5.08. The van der Waals surface area contributed by atoms with Gasteiger partial charge >= 0.3 is 0 Å². The number of fused-ring (bicyclic) bond motifs is 1. The lowest BCUT2D eigenvalue weighted by atomic mass is 9.87. The maximum atomic E-state index is 13.0. The van der Waals surface area contributed by atoms with Crippen molar-refractivity contribution in [3.05, 3.63) is 71.9 Å². The molecule has 3 aromatic rings. The molecule has 2 aromatic carbocycles. The molecule has 1 aliphatic heterocycles. The molecule has 4 rings (SSSR count). The maximum Gasteiger partial charge on any atom is 0.259 e. The van der Waals surface area contributed by atoms with Crippen LogP contribution in [-0.2, 0) is 5.41 Å². The summed E-state index contributed by atoms with van der Waals surface area (Å²) in [5.41, 5.74) is 9.71. The van der Waals surface area contributed by atoms with Crippen LogP contribution in [0.25, 0.3) is 0 Å². The lowest BCUT2D eigenvalue weighted by Crippen LogP contribution is -2.30. The second-order valence-electron chi connectivity index (χ2n) is 8.39. The monoisotopic (exact) mass is 402 g/mol. The van der Waals surface area contributed by atoms with Crippen molar-refractivity contribution >= 4 is 28.8 Å². The highest BCUT2D eigenvalue weighted by atomic mass is 16.5. The van der Waals surface area contributed by atoms with Crippen LogP contribution in [0.3, 0.4) is 0 Å². The van der Waals surface area contributed by atoms with Crippen molar-refractivity contribution in [2.75, 3.05) is 29.1 Å². The number of benzene rings is 2. The molecule has 1 aliphatic rings. The van der Waals surface area contributed by atoms with E-state index < -0.39 is 0 Å². The molecule has 6 heteroatoms. The molecule has 1 amide bonds. The van der Waals surface area contributed by atoms with E-state index in [0.717, 1.165) is 17.2 Å². The minimum absolute atomic E-state index is 0.0640. The Bertz CT molecular complexity index is 1050. The Morgan fingerprint density at radius 3 is 2.53 bits per heavy atom. The summed E-state index contributed by atoms with van der Waals surface area (Å²) < 4.78 is 5.90. The number of rotatable bonds is 3. The Morgan fingerprint density at radius 2 is 1.87 bits per heavy atom. The van der Waals surface area contributed by atoms with Crippen LogP contribution in [0.4, 0.5) is 22.9 Å². The van der Waals surface area contributed by atoms with E-state index in [-0.39, 0.29) is 11.3 Å². The summed E-state index contributed by atoms with van der Waals surface area (Å²) in [6.07, 6.45) is 1.63. The van der Waals surface area contributed by atoms with E-state index in [9.17, 15) is 4.79 Å². The van der Waals surface area contributed by atoms with Crippen LogP contribution in [0.15, 0.2) is 60.8 Å². The smallest absolute Gasteiger partial charge is 0.259 e. The number of ether oxygens (including phenoxy) is 1. The Hall–Kier alpha value is -3.54. The predicted molar refractivity (Wildman–Crippen MR) is 121 cm³/mol. The Balaban J connectivity index is 1.60. The zero-order valence-electron chi connectivity index (χ0n) is 17.5. The van der Waals surface area contributed by atoms with Gasteiger partial charge in [0.15, 0.2) is 5.75 Å². The number of nitrogens with one attached hydrogen (secondary N) is 1. The molecule has 0 spiro atoms. The van der Waals surface area contributed by atoms with Crippen LogP contribution >= 0.6 is 0 Å². The molecule has 2 heterocycles. The molecule has 0 unspecified atom stereocenters. The average molecular weight is 402 g/mol. The zero-order chi connectivity index (χ0) is 21.3. The van der Waals surface area contributed by atoms with Gasteiger partial charge in [-0.2, -0.15) is 0 Å². The number of aromatic nitrogens is 1. The lowest BCUT2D eigenvalue weighted by molar-refractivity contribution is 0.102. The van der Waals surface area contributed by atoms with Crippen molar-refractivity contribution in [2.45, 2.75) is 26.2 Å².